The van der Waals surface area contributed by atoms with Gasteiger partial charge in [-0.2, -0.15) is 0 Å². The molecule has 4 aromatic carbocycles. The van der Waals surface area contributed by atoms with Gasteiger partial charge in [0.2, 0.25) is 11.6 Å². The zero-order valence-corrected chi connectivity index (χ0v) is 16.9. The molecule has 2 nitrogen and oxygen atoms in total. The Balaban J connectivity index is 1.97. The molecule has 0 bridgehead atoms. The molecule has 1 aliphatic rings. The monoisotopic (exact) mass is 400 g/mol. The van der Waals surface area contributed by atoms with Crippen LogP contribution in [-0.4, -0.2) is 11.6 Å². The lowest BCUT2D eigenvalue weighted by atomic mass is 9.67. The summed E-state index contributed by atoms with van der Waals surface area (Å²) >= 11 is 0. The standard InChI is InChI=1S/C29H20O2/c30-27-25(21-13-5-1-6-14-21)26(22-15-7-2-8-16-22)29(28(27)31,23-17-9-3-10-18-23)24-19-11-4-12-20-24/h1-20H. The molecule has 0 atom stereocenters. The third-order valence-electron chi connectivity index (χ3n) is 5.94. The number of carbonyl (C=O) groups is 2. The van der Waals surface area contributed by atoms with Gasteiger partial charge >= 0.3 is 0 Å². The van der Waals surface area contributed by atoms with Gasteiger partial charge in [-0.1, -0.05) is 121 Å². The van der Waals surface area contributed by atoms with E-state index in [-0.39, 0.29) is 0 Å². The highest BCUT2D eigenvalue weighted by molar-refractivity contribution is 6.65. The Hall–Kier alpha value is -4.04. The van der Waals surface area contributed by atoms with Gasteiger partial charge in [0, 0.05) is 5.57 Å². The summed E-state index contributed by atoms with van der Waals surface area (Å²) in [5.74, 6) is -0.861. The van der Waals surface area contributed by atoms with Crippen LogP contribution in [0.1, 0.15) is 22.3 Å². The lowest BCUT2D eigenvalue weighted by Gasteiger charge is -2.32. The van der Waals surface area contributed by atoms with Crippen LogP contribution in [0.4, 0.5) is 0 Å². The molecule has 0 fully saturated rings. The molecule has 0 N–H and O–H groups in total. The third-order valence-corrected chi connectivity index (χ3v) is 5.94. The highest BCUT2D eigenvalue weighted by Gasteiger charge is 2.56. The normalized spacial score (nSPS) is 15.4. The number of carbonyl (C=O) groups excluding carboxylic acids is 2. The van der Waals surface area contributed by atoms with Crippen molar-refractivity contribution in [2.24, 2.45) is 0 Å². The number of Topliss-reactive ketones (excluding diaryl/α,β-unsaturated/α-hetero) is 2. The van der Waals surface area contributed by atoms with E-state index in [4.69, 9.17) is 0 Å². The second-order valence-corrected chi connectivity index (χ2v) is 7.62. The minimum Gasteiger partial charge on any atom is -0.289 e. The van der Waals surface area contributed by atoms with Crippen LogP contribution < -0.4 is 0 Å². The molecular weight excluding hydrogens is 380 g/mol. The fraction of sp³-hybridized carbons (Fsp3) is 0.0345. The quantitative estimate of drug-likeness (QED) is 0.410. The molecule has 0 aliphatic heterocycles. The third kappa shape index (κ3) is 2.88. The minimum atomic E-state index is -1.20. The average Bonchev–Trinajstić information content (AvgIpc) is 3.09. The average molecular weight is 400 g/mol. The molecule has 5 rings (SSSR count). The maximum Gasteiger partial charge on any atom is 0.231 e. The van der Waals surface area contributed by atoms with Crippen LogP contribution in [0, 0.1) is 0 Å². The van der Waals surface area contributed by atoms with Crippen molar-refractivity contribution in [3.8, 4) is 0 Å². The Kier molecular flexibility index (Phi) is 4.68. The van der Waals surface area contributed by atoms with Gasteiger partial charge in [-0.25, -0.2) is 0 Å². The van der Waals surface area contributed by atoms with E-state index in [1.54, 1.807) is 0 Å². The summed E-state index contributed by atoms with van der Waals surface area (Å²) in [6, 6.07) is 38.6. The van der Waals surface area contributed by atoms with E-state index in [1.807, 2.05) is 121 Å². The van der Waals surface area contributed by atoms with Crippen molar-refractivity contribution in [2.75, 3.05) is 0 Å². The first-order chi connectivity index (χ1) is 15.2. The molecule has 0 unspecified atom stereocenters. The van der Waals surface area contributed by atoms with Crippen molar-refractivity contribution >= 4 is 22.7 Å². The molecular formula is C29H20O2. The summed E-state index contributed by atoms with van der Waals surface area (Å²) in [6.07, 6.45) is 0. The predicted molar refractivity (Wildman–Crippen MR) is 123 cm³/mol. The van der Waals surface area contributed by atoms with Crippen molar-refractivity contribution in [1.29, 1.82) is 0 Å². The summed E-state index contributed by atoms with van der Waals surface area (Å²) in [4.78, 5) is 27.6. The number of hydrogen-bond acceptors (Lipinski definition) is 2. The Morgan fingerprint density at radius 3 is 1.29 bits per heavy atom. The molecule has 0 amide bonds. The second-order valence-electron chi connectivity index (χ2n) is 7.62. The molecule has 1 aliphatic carbocycles. The first kappa shape index (κ1) is 19.0. The summed E-state index contributed by atoms with van der Waals surface area (Å²) in [5.41, 5.74) is 3.23. The lowest BCUT2D eigenvalue weighted by Crippen LogP contribution is -2.37. The fourth-order valence-electron chi connectivity index (χ4n) is 4.64. The molecule has 0 spiro atoms. The highest BCUT2D eigenvalue weighted by atomic mass is 16.2. The van der Waals surface area contributed by atoms with Crippen molar-refractivity contribution in [1.82, 2.24) is 0 Å². The van der Waals surface area contributed by atoms with Gasteiger partial charge in [-0.3, -0.25) is 9.59 Å². The topological polar surface area (TPSA) is 34.1 Å². The van der Waals surface area contributed by atoms with Crippen LogP contribution in [0.5, 0.6) is 0 Å². The van der Waals surface area contributed by atoms with Gasteiger partial charge in [-0.05, 0) is 27.8 Å². The first-order valence-corrected chi connectivity index (χ1v) is 10.3. The largest absolute Gasteiger partial charge is 0.289 e. The maximum atomic E-state index is 14.0. The molecule has 0 aromatic heterocycles. The smallest absolute Gasteiger partial charge is 0.231 e. The van der Waals surface area contributed by atoms with Crippen LogP contribution in [0.25, 0.3) is 11.1 Å². The van der Waals surface area contributed by atoms with Gasteiger partial charge in [0.25, 0.3) is 0 Å². The molecule has 2 heteroatoms. The summed E-state index contributed by atoms with van der Waals surface area (Å²) < 4.78 is 0. The van der Waals surface area contributed by atoms with Crippen LogP contribution in [0.15, 0.2) is 121 Å². The Labute approximate surface area is 181 Å². The zero-order valence-electron chi connectivity index (χ0n) is 16.9. The van der Waals surface area contributed by atoms with E-state index in [9.17, 15) is 9.59 Å². The molecule has 0 saturated heterocycles. The van der Waals surface area contributed by atoms with Crippen molar-refractivity contribution in [3.05, 3.63) is 144 Å². The summed E-state index contributed by atoms with van der Waals surface area (Å²) in [7, 11) is 0. The van der Waals surface area contributed by atoms with E-state index < -0.39 is 17.0 Å². The number of rotatable bonds is 4. The Morgan fingerprint density at radius 2 is 0.839 bits per heavy atom. The van der Waals surface area contributed by atoms with Crippen LogP contribution in [-0.2, 0) is 15.0 Å². The Morgan fingerprint density at radius 1 is 0.452 bits per heavy atom. The fourth-order valence-corrected chi connectivity index (χ4v) is 4.64. The van der Waals surface area contributed by atoms with E-state index >= 15 is 0 Å². The van der Waals surface area contributed by atoms with Gasteiger partial charge in [0.1, 0.15) is 5.41 Å². The van der Waals surface area contributed by atoms with E-state index in [0.717, 1.165) is 27.8 Å². The Bertz CT molecular complexity index is 1230. The molecule has 0 saturated carbocycles. The molecule has 31 heavy (non-hydrogen) atoms. The number of hydrogen-bond donors (Lipinski definition) is 0. The first-order valence-electron chi connectivity index (χ1n) is 10.3. The van der Waals surface area contributed by atoms with Crippen LogP contribution in [0.3, 0.4) is 0 Å². The van der Waals surface area contributed by atoms with Crippen molar-refractivity contribution in [2.45, 2.75) is 5.41 Å². The summed E-state index contributed by atoms with van der Waals surface area (Å²) in [6.45, 7) is 0. The van der Waals surface area contributed by atoms with E-state index in [0.29, 0.717) is 5.57 Å². The van der Waals surface area contributed by atoms with Gasteiger partial charge < -0.3 is 0 Å². The lowest BCUT2D eigenvalue weighted by molar-refractivity contribution is -0.134. The molecule has 148 valence electrons. The van der Waals surface area contributed by atoms with Gasteiger partial charge in [-0.15, -0.1) is 0 Å². The molecule has 0 radical (unpaired) electrons. The second kappa shape index (κ2) is 7.66. The maximum absolute atomic E-state index is 14.0. The number of ketones is 2. The van der Waals surface area contributed by atoms with Gasteiger partial charge in [0.15, 0.2) is 0 Å². The van der Waals surface area contributed by atoms with E-state index in [2.05, 4.69) is 0 Å². The van der Waals surface area contributed by atoms with E-state index in [1.165, 1.54) is 0 Å². The molecule has 4 aromatic rings. The predicted octanol–water partition coefficient (Wildman–Crippen LogP) is 5.74. The van der Waals surface area contributed by atoms with Gasteiger partial charge in [0.05, 0.1) is 0 Å². The zero-order chi connectivity index (χ0) is 21.3. The summed E-state index contributed by atoms with van der Waals surface area (Å²) in [5, 5.41) is 0. The van der Waals surface area contributed by atoms with Crippen LogP contribution >= 0.6 is 0 Å². The minimum absolute atomic E-state index is 0.414. The van der Waals surface area contributed by atoms with Crippen LogP contribution in [0.2, 0.25) is 0 Å². The SMILES string of the molecule is O=C1C(=O)C(c2ccccc2)(c2ccccc2)C(c2ccccc2)=C1c1ccccc1. The van der Waals surface area contributed by atoms with Crippen molar-refractivity contribution in [3.63, 3.8) is 0 Å². The highest BCUT2D eigenvalue weighted by Crippen LogP contribution is 2.53. The van der Waals surface area contributed by atoms with Crippen molar-refractivity contribution < 1.29 is 9.59 Å². The molecule has 0 heterocycles. The number of benzene rings is 4. The number of allylic oxidation sites excluding steroid dienone is 2.